The van der Waals surface area contributed by atoms with Crippen LogP contribution in [-0.2, 0) is 11.2 Å². The minimum atomic E-state index is -0.538. The largest absolute Gasteiger partial charge is 0.479 e. The molecule has 8 heteroatoms. The van der Waals surface area contributed by atoms with Crippen LogP contribution in [0.15, 0.2) is 35.2 Å². The smallest absolute Gasteiger partial charge is 0.264 e. The number of nitrogens with one attached hydrogen (secondary N) is 1. The third-order valence-electron chi connectivity index (χ3n) is 5.00. The molecular formula is C19H17ClN4O3. The zero-order valence-electron chi connectivity index (χ0n) is 14.4. The molecule has 0 aliphatic carbocycles. The van der Waals surface area contributed by atoms with Crippen molar-refractivity contribution in [1.29, 1.82) is 0 Å². The molecule has 5 rings (SSSR count). The monoisotopic (exact) mass is 384 g/mol. The van der Waals surface area contributed by atoms with Crippen LogP contribution < -0.4 is 10.1 Å². The first-order valence-corrected chi connectivity index (χ1v) is 9.25. The molecule has 138 valence electrons. The Hall–Kier alpha value is -2.64. The van der Waals surface area contributed by atoms with Crippen molar-refractivity contribution in [3.8, 4) is 17.0 Å². The number of carbonyl (C=O) groups excluding carboxylic acids is 1. The standard InChI is InChI=1S/C19H17ClN4O3/c20-12-7-11-8-15(19(25)24-4-2-21-3-5-24)27-17(11)13(9-12)16-18-14(1-6-26-18)22-10-23-16/h1,6-7,9-10,15,21H,2-5,8H2. The van der Waals surface area contributed by atoms with E-state index in [1.807, 2.05) is 11.0 Å². The molecule has 0 saturated carbocycles. The zero-order valence-corrected chi connectivity index (χ0v) is 15.2. The van der Waals surface area contributed by atoms with Crippen molar-refractivity contribution in [2.75, 3.05) is 26.2 Å². The molecule has 1 saturated heterocycles. The fourth-order valence-electron chi connectivity index (χ4n) is 3.71. The number of furan rings is 1. The Morgan fingerprint density at radius 1 is 1.26 bits per heavy atom. The van der Waals surface area contributed by atoms with Crippen LogP contribution in [0.1, 0.15) is 5.56 Å². The number of hydrogen-bond acceptors (Lipinski definition) is 6. The van der Waals surface area contributed by atoms with E-state index in [4.69, 9.17) is 20.8 Å². The molecule has 3 aromatic rings. The Morgan fingerprint density at radius 2 is 2.11 bits per heavy atom. The van der Waals surface area contributed by atoms with Crippen LogP contribution in [0.3, 0.4) is 0 Å². The Morgan fingerprint density at radius 3 is 2.96 bits per heavy atom. The molecule has 7 nitrogen and oxygen atoms in total. The van der Waals surface area contributed by atoms with Crippen LogP contribution in [0.5, 0.6) is 5.75 Å². The van der Waals surface area contributed by atoms with Crippen molar-refractivity contribution in [2.45, 2.75) is 12.5 Å². The van der Waals surface area contributed by atoms with Gasteiger partial charge in [0.2, 0.25) is 0 Å². The highest BCUT2D eigenvalue weighted by Gasteiger charge is 2.35. The van der Waals surface area contributed by atoms with E-state index in [1.54, 1.807) is 18.4 Å². The number of hydrogen-bond donors (Lipinski definition) is 1. The highest BCUT2D eigenvalue weighted by atomic mass is 35.5. The van der Waals surface area contributed by atoms with Gasteiger partial charge in [-0.15, -0.1) is 0 Å². The maximum absolute atomic E-state index is 12.9. The van der Waals surface area contributed by atoms with Gasteiger partial charge < -0.3 is 19.4 Å². The number of halogens is 1. The molecule has 1 amide bonds. The molecule has 1 N–H and O–H groups in total. The van der Waals surface area contributed by atoms with Crippen LogP contribution in [0.2, 0.25) is 5.02 Å². The first-order chi connectivity index (χ1) is 13.2. The Balaban J connectivity index is 1.53. The quantitative estimate of drug-likeness (QED) is 0.730. The second kappa shape index (κ2) is 6.51. The normalized spacial score (nSPS) is 19.1. The van der Waals surface area contributed by atoms with Gasteiger partial charge in [0, 0.05) is 54.8 Å². The number of amides is 1. The van der Waals surface area contributed by atoms with E-state index < -0.39 is 6.10 Å². The van der Waals surface area contributed by atoms with Crippen molar-refractivity contribution >= 4 is 28.6 Å². The number of piperazine rings is 1. The number of nitrogens with zero attached hydrogens (tertiary/aromatic N) is 3. The summed E-state index contributed by atoms with van der Waals surface area (Å²) in [6.45, 7) is 3.00. The first kappa shape index (κ1) is 16.5. The lowest BCUT2D eigenvalue weighted by atomic mass is 10.0. The van der Waals surface area contributed by atoms with Crippen molar-refractivity contribution in [1.82, 2.24) is 20.2 Å². The lowest BCUT2D eigenvalue weighted by molar-refractivity contribution is -0.138. The van der Waals surface area contributed by atoms with Gasteiger partial charge in [0.05, 0.1) is 6.26 Å². The van der Waals surface area contributed by atoms with Gasteiger partial charge >= 0.3 is 0 Å². The third kappa shape index (κ3) is 2.83. The van der Waals surface area contributed by atoms with Gasteiger partial charge in [-0.05, 0) is 12.1 Å². The summed E-state index contributed by atoms with van der Waals surface area (Å²) >= 11 is 6.35. The van der Waals surface area contributed by atoms with E-state index in [1.165, 1.54) is 6.33 Å². The summed E-state index contributed by atoms with van der Waals surface area (Å²) in [7, 11) is 0. The molecule has 1 fully saturated rings. The minimum absolute atomic E-state index is 0.0144. The van der Waals surface area contributed by atoms with Gasteiger partial charge in [-0.2, -0.15) is 0 Å². The predicted molar refractivity (Wildman–Crippen MR) is 99.8 cm³/mol. The third-order valence-corrected chi connectivity index (χ3v) is 5.22. The van der Waals surface area contributed by atoms with E-state index in [2.05, 4.69) is 15.3 Å². The average Bonchev–Trinajstić information content (AvgIpc) is 3.34. The number of rotatable bonds is 2. The summed E-state index contributed by atoms with van der Waals surface area (Å²) in [5.41, 5.74) is 3.52. The fourth-order valence-corrected chi connectivity index (χ4v) is 3.95. The Labute approximate surface area is 160 Å². The molecule has 1 atom stereocenters. The van der Waals surface area contributed by atoms with E-state index in [0.29, 0.717) is 47.1 Å². The molecule has 0 bridgehead atoms. The molecule has 1 unspecified atom stereocenters. The highest BCUT2D eigenvalue weighted by molar-refractivity contribution is 6.31. The summed E-state index contributed by atoms with van der Waals surface area (Å²) in [6.07, 6.45) is 3.02. The summed E-state index contributed by atoms with van der Waals surface area (Å²) in [6, 6.07) is 5.43. The van der Waals surface area contributed by atoms with Crippen molar-refractivity contribution in [3.05, 3.63) is 41.4 Å². The first-order valence-electron chi connectivity index (χ1n) is 8.88. The van der Waals surface area contributed by atoms with E-state index in [0.717, 1.165) is 24.2 Å². The van der Waals surface area contributed by atoms with E-state index in [9.17, 15) is 4.79 Å². The summed E-state index contributed by atoms with van der Waals surface area (Å²) in [5, 5.41) is 3.82. The minimum Gasteiger partial charge on any atom is -0.479 e. The SMILES string of the molecule is O=C(C1Cc2cc(Cl)cc(-c3ncnc4ccoc34)c2O1)N1CCNCC1. The van der Waals surface area contributed by atoms with Crippen LogP contribution in [0.4, 0.5) is 0 Å². The molecule has 27 heavy (non-hydrogen) atoms. The zero-order chi connectivity index (χ0) is 18.4. The second-order valence-electron chi connectivity index (χ2n) is 6.68. The molecule has 1 aromatic carbocycles. The van der Waals surface area contributed by atoms with Crippen molar-refractivity contribution < 1.29 is 13.9 Å². The highest BCUT2D eigenvalue weighted by Crippen LogP contribution is 2.42. The average molecular weight is 385 g/mol. The number of carbonyl (C=O) groups is 1. The van der Waals surface area contributed by atoms with Gasteiger partial charge in [-0.1, -0.05) is 11.6 Å². The van der Waals surface area contributed by atoms with Gasteiger partial charge in [0.1, 0.15) is 23.3 Å². The van der Waals surface area contributed by atoms with Gasteiger partial charge in [0.25, 0.3) is 5.91 Å². The summed E-state index contributed by atoms with van der Waals surface area (Å²) in [4.78, 5) is 23.3. The molecule has 4 heterocycles. The molecule has 0 radical (unpaired) electrons. The molecule has 2 aliphatic heterocycles. The molecule has 2 aromatic heterocycles. The molecule has 0 spiro atoms. The maximum atomic E-state index is 12.9. The van der Waals surface area contributed by atoms with Crippen LogP contribution in [0, 0.1) is 0 Å². The van der Waals surface area contributed by atoms with Crippen molar-refractivity contribution in [3.63, 3.8) is 0 Å². The second-order valence-corrected chi connectivity index (χ2v) is 7.12. The van der Waals surface area contributed by atoms with E-state index in [-0.39, 0.29) is 5.91 Å². The Kier molecular flexibility index (Phi) is 3.98. The van der Waals surface area contributed by atoms with E-state index >= 15 is 0 Å². The predicted octanol–water partition coefficient (Wildman–Crippen LogP) is 2.28. The van der Waals surface area contributed by atoms with Crippen molar-refractivity contribution in [2.24, 2.45) is 0 Å². The number of aromatic nitrogens is 2. The Bertz CT molecular complexity index is 1030. The van der Waals surface area contributed by atoms with Crippen LogP contribution >= 0.6 is 11.6 Å². The van der Waals surface area contributed by atoms with Gasteiger partial charge in [-0.3, -0.25) is 4.79 Å². The lowest BCUT2D eigenvalue weighted by Crippen LogP contribution is -2.50. The topological polar surface area (TPSA) is 80.5 Å². The van der Waals surface area contributed by atoms with Crippen LogP contribution in [-0.4, -0.2) is 53.1 Å². The maximum Gasteiger partial charge on any atom is 0.264 e. The fraction of sp³-hybridized carbons (Fsp3) is 0.316. The van der Waals surface area contributed by atoms with Crippen LogP contribution in [0.25, 0.3) is 22.4 Å². The number of benzene rings is 1. The molecular weight excluding hydrogens is 368 g/mol. The van der Waals surface area contributed by atoms with Gasteiger partial charge in [0.15, 0.2) is 11.7 Å². The number of fused-ring (bicyclic) bond motifs is 2. The number of ether oxygens (including phenoxy) is 1. The summed E-state index contributed by atoms with van der Waals surface area (Å²) in [5.74, 6) is 0.657. The summed E-state index contributed by atoms with van der Waals surface area (Å²) < 4.78 is 11.7. The lowest BCUT2D eigenvalue weighted by Gasteiger charge is -2.29. The van der Waals surface area contributed by atoms with Gasteiger partial charge in [-0.25, -0.2) is 9.97 Å². The molecule has 2 aliphatic rings.